The molecule has 0 atom stereocenters. The molecule has 19 heavy (non-hydrogen) atoms. The fourth-order valence-corrected chi connectivity index (χ4v) is 1.89. The zero-order chi connectivity index (χ0) is 14.4. The maximum Gasteiger partial charge on any atom is 0.413 e. The topological polar surface area (TPSA) is 21.3 Å². The summed E-state index contributed by atoms with van der Waals surface area (Å²) in [6.45, 7) is 1.49. The Bertz CT molecular complexity index is 186. The molecule has 0 saturated heterocycles. The van der Waals surface area contributed by atoms with Crippen molar-refractivity contribution in [1.29, 1.82) is 0 Å². The van der Waals surface area contributed by atoms with Gasteiger partial charge >= 0.3 is 6.18 Å². The monoisotopic (exact) mass is 283 g/mol. The molecule has 0 saturated carbocycles. The van der Waals surface area contributed by atoms with E-state index in [2.05, 4.69) is 17.2 Å². The Morgan fingerprint density at radius 1 is 0.789 bits per heavy atom. The largest absolute Gasteiger partial charge is 0.413 e. The van der Waals surface area contributed by atoms with Gasteiger partial charge in [-0.3, -0.25) is 4.84 Å². The molecule has 0 rings (SSSR count). The van der Waals surface area contributed by atoms with Crippen LogP contribution < -0.4 is 5.48 Å². The molecule has 0 aliphatic heterocycles. The van der Waals surface area contributed by atoms with Crippen molar-refractivity contribution < 1.29 is 18.0 Å². The first-order valence-corrected chi connectivity index (χ1v) is 7.47. The van der Waals surface area contributed by atoms with E-state index >= 15 is 0 Å². The SMILES string of the molecule is CCCCCCCCCCCCNOCC(F)(F)F. The van der Waals surface area contributed by atoms with Crippen LogP contribution in [0.25, 0.3) is 0 Å². The number of hydroxylamine groups is 1. The molecular weight excluding hydrogens is 255 g/mol. The van der Waals surface area contributed by atoms with Crippen LogP contribution in [0.5, 0.6) is 0 Å². The predicted molar refractivity (Wildman–Crippen MR) is 71.9 cm³/mol. The fourth-order valence-electron chi connectivity index (χ4n) is 1.89. The normalized spacial score (nSPS) is 12.0. The van der Waals surface area contributed by atoms with Crippen molar-refractivity contribution in [2.24, 2.45) is 0 Å². The van der Waals surface area contributed by atoms with Crippen LogP contribution >= 0.6 is 0 Å². The Hall–Kier alpha value is -0.290. The van der Waals surface area contributed by atoms with Crippen molar-refractivity contribution >= 4 is 0 Å². The van der Waals surface area contributed by atoms with Gasteiger partial charge in [-0.15, -0.1) is 0 Å². The molecule has 5 heteroatoms. The number of nitrogens with one attached hydrogen (secondary N) is 1. The Labute approximate surface area is 115 Å². The Kier molecular flexibility index (Phi) is 12.5. The molecule has 0 radical (unpaired) electrons. The Balaban J connectivity index is 2.99. The molecule has 0 aromatic carbocycles. The molecule has 0 spiro atoms. The predicted octanol–water partition coefficient (Wildman–Crippen LogP) is 4.99. The Morgan fingerprint density at radius 3 is 1.74 bits per heavy atom. The van der Waals surface area contributed by atoms with E-state index in [-0.39, 0.29) is 0 Å². The smallest absolute Gasteiger partial charge is 0.292 e. The highest BCUT2D eigenvalue weighted by atomic mass is 19.4. The minimum Gasteiger partial charge on any atom is -0.292 e. The molecule has 0 aromatic rings. The molecule has 0 aromatic heterocycles. The van der Waals surface area contributed by atoms with Crippen LogP contribution in [0.4, 0.5) is 13.2 Å². The maximum absolute atomic E-state index is 11.7. The fraction of sp³-hybridized carbons (Fsp3) is 1.00. The average Bonchev–Trinajstić information content (AvgIpc) is 2.34. The molecule has 1 N–H and O–H groups in total. The maximum atomic E-state index is 11.7. The zero-order valence-electron chi connectivity index (χ0n) is 12.0. The zero-order valence-corrected chi connectivity index (χ0v) is 12.0. The first-order valence-electron chi connectivity index (χ1n) is 7.47. The minimum atomic E-state index is -4.25. The van der Waals surface area contributed by atoms with Crippen LogP contribution in [0.2, 0.25) is 0 Å². The van der Waals surface area contributed by atoms with Crippen molar-refractivity contribution in [3.8, 4) is 0 Å². The second-order valence-corrected chi connectivity index (χ2v) is 4.98. The molecule has 0 fully saturated rings. The quantitative estimate of drug-likeness (QED) is 0.380. The highest BCUT2D eigenvalue weighted by Gasteiger charge is 2.27. The lowest BCUT2D eigenvalue weighted by molar-refractivity contribution is -0.189. The van der Waals surface area contributed by atoms with Gasteiger partial charge in [0.1, 0.15) is 0 Å². The highest BCUT2D eigenvalue weighted by molar-refractivity contribution is 4.48. The number of rotatable bonds is 13. The van der Waals surface area contributed by atoms with Gasteiger partial charge in [0.2, 0.25) is 0 Å². The van der Waals surface area contributed by atoms with E-state index in [9.17, 15) is 13.2 Å². The number of hydrogen-bond acceptors (Lipinski definition) is 2. The van der Waals surface area contributed by atoms with Gasteiger partial charge in [0.15, 0.2) is 6.61 Å². The number of hydrogen-bond donors (Lipinski definition) is 1. The highest BCUT2D eigenvalue weighted by Crippen LogP contribution is 2.13. The van der Waals surface area contributed by atoms with E-state index in [1.165, 1.54) is 44.9 Å². The van der Waals surface area contributed by atoms with Crippen molar-refractivity contribution in [2.75, 3.05) is 13.2 Å². The lowest BCUT2D eigenvalue weighted by Gasteiger charge is -2.08. The summed E-state index contributed by atoms with van der Waals surface area (Å²) in [5, 5.41) is 0. The van der Waals surface area contributed by atoms with E-state index in [1.807, 2.05) is 0 Å². The number of unbranched alkanes of at least 4 members (excludes halogenated alkanes) is 9. The van der Waals surface area contributed by atoms with Gasteiger partial charge < -0.3 is 0 Å². The molecule has 0 bridgehead atoms. The summed E-state index contributed by atoms with van der Waals surface area (Å²) in [6.07, 6.45) is 7.96. The standard InChI is InChI=1S/C14H28F3NO/c1-2-3-4-5-6-7-8-9-10-11-12-18-19-13-14(15,16)17/h18H,2-13H2,1H3. The van der Waals surface area contributed by atoms with Gasteiger partial charge in [-0.1, -0.05) is 64.7 Å². The lowest BCUT2D eigenvalue weighted by Crippen LogP contribution is -2.25. The van der Waals surface area contributed by atoms with Crippen LogP contribution in [0.3, 0.4) is 0 Å². The summed E-state index contributed by atoms with van der Waals surface area (Å²) in [4.78, 5) is 4.31. The molecule has 0 amide bonds. The van der Waals surface area contributed by atoms with Gasteiger partial charge in [0.05, 0.1) is 0 Å². The number of halogens is 3. The summed E-state index contributed by atoms with van der Waals surface area (Å²) >= 11 is 0. The van der Waals surface area contributed by atoms with Gasteiger partial charge in [-0.2, -0.15) is 13.2 Å². The third-order valence-electron chi connectivity index (χ3n) is 2.97. The third kappa shape index (κ3) is 17.7. The second-order valence-electron chi connectivity index (χ2n) is 4.98. The summed E-state index contributed by atoms with van der Waals surface area (Å²) < 4.78 is 35.1. The first kappa shape index (κ1) is 18.7. The van der Waals surface area contributed by atoms with Crippen LogP contribution in [-0.2, 0) is 4.84 Å². The van der Waals surface area contributed by atoms with E-state index in [0.717, 1.165) is 19.3 Å². The third-order valence-corrected chi connectivity index (χ3v) is 2.97. The van der Waals surface area contributed by atoms with Crippen LogP contribution in [-0.4, -0.2) is 19.3 Å². The van der Waals surface area contributed by atoms with Crippen LogP contribution in [0, 0.1) is 0 Å². The van der Waals surface area contributed by atoms with Crippen LogP contribution in [0.1, 0.15) is 71.1 Å². The van der Waals surface area contributed by atoms with Gasteiger partial charge in [0, 0.05) is 6.54 Å². The second kappa shape index (κ2) is 12.7. The Morgan fingerprint density at radius 2 is 1.26 bits per heavy atom. The van der Waals surface area contributed by atoms with E-state index in [1.54, 1.807) is 0 Å². The molecular formula is C14H28F3NO. The van der Waals surface area contributed by atoms with E-state index < -0.39 is 12.8 Å². The summed E-state index contributed by atoms with van der Waals surface area (Å²) in [5.74, 6) is 0. The van der Waals surface area contributed by atoms with Gasteiger partial charge in [-0.25, -0.2) is 5.48 Å². The lowest BCUT2D eigenvalue weighted by atomic mass is 10.1. The summed E-state index contributed by atoms with van der Waals surface area (Å²) in [6, 6.07) is 0. The molecule has 2 nitrogen and oxygen atoms in total. The van der Waals surface area contributed by atoms with Gasteiger partial charge in [0.25, 0.3) is 0 Å². The molecule has 0 heterocycles. The number of alkyl halides is 3. The van der Waals surface area contributed by atoms with E-state index in [4.69, 9.17) is 0 Å². The van der Waals surface area contributed by atoms with Crippen molar-refractivity contribution in [2.45, 2.75) is 77.3 Å². The first-order chi connectivity index (χ1) is 9.06. The molecule has 0 aliphatic carbocycles. The molecule has 0 aliphatic rings. The van der Waals surface area contributed by atoms with Crippen LogP contribution in [0.15, 0.2) is 0 Å². The molecule has 116 valence electrons. The van der Waals surface area contributed by atoms with Gasteiger partial charge in [-0.05, 0) is 6.42 Å². The van der Waals surface area contributed by atoms with Crippen molar-refractivity contribution in [1.82, 2.24) is 5.48 Å². The summed E-state index contributed by atoms with van der Waals surface area (Å²) in [5.41, 5.74) is 2.35. The van der Waals surface area contributed by atoms with Crippen molar-refractivity contribution in [3.63, 3.8) is 0 Å². The van der Waals surface area contributed by atoms with E-state index in [0.29, 0.717) is 6.54 Å². The molecule has 0 unspecified atom stereocenters. The average molecular weight is 283 g/mol. The summed E-state index contributed by atoms with van der Waals surface area (Å²) in [7, 11) is 0. The minimum absolute atomic E-state index is 0.493. The van der Waals surface area contributed by atoms with Crippen molar-refractivity contribution in [3.05, 3.63) is 0 Å².